The Balaban J connectivity index is 3.16. The fourth-order valence-corrected chi connectivity index (χ4v) is 1.19. The molecule has 1 rings (SSSR count). The van der Waals surface area contributed by atoms with E-state index in [4.69, 9.17) is 11.6 Å². The summed E-state index contributed by atoms with van der Waals surface area (Å²) in [5.41, 5.74) is 0.00745. The summed E-state index contributed by atoms with van der Waals surface area (Å²) in [5, 5.41) is 9.45. The normalized spacial score (nSPS) is 11.3. The molecule has 1 aromatic heterocycles. The second kappa shape index (κ2) is 4.65. The molecule has 4 nitrogen and oxygen atoms in total. The second-order valence-electron chi connectivity index (χ2n) is 2.63. The highest BCUT2D eigenvalue weighted by molar-refractivity contribution is 6.17. The van der Waals surface area contributed by atoms with E-state index in [1.165, 1.54) is 0 Å². The van der Waals surface area contributed by atoms with Gasteiger partial charge in [-0.1, -0.05) is 0 Å². The minimum absolute atomic E-state index is 0.00745. The summed E-state index contributed by atoms with van der Waals surface area (Å²) in [6, 6.07) is 0. The van der Waals surface area contributed by atoms with Gasteiger partial charge in [-0.3, -0.25) is 4.98 Å². The van der Waals surface area contributed by atoms with Crippen LogP contribution in [0.2, 0.25) is 0 Å². The highest BCUT2D eigenvalue weighted by Crippen LogP contribution is 2.40. The van der Waals surface area contributed by atoms with Crippen molar-refractivity contribution in [2.45, 2.75) is 12.2 Å². The molecule has 90 valence electrons. The molecule has 0 aliphatic rings. The Kier molecular flexibility index (Phi) is 3.69. The molecule has 0 aliphatic heterocycles. The molecule has 1 aromatic rings. The predicted molar refractivity (Wildman–Crippen MR) is 48.7 cm³/mol. The molecular weight excluding hydrogens is 251 g/mol. The summed E-state index contributed by atoms with van der Waals surface area (Å²) >= 11 is 5.41. The third-order valence-electron chi connectivity index (χ3n) is 1.61. The van der Waals surface area contributed by atoms with Crippen LogP contribution >= 0.6 is 11.6 Å². The van der Waals surface area contributed by atoms with E-state index in [0.717, 1.165) is 13.3 Å². The Morgan fingerprint density at radius 2 is 2.12 bits per heavy atom. The molecule has 16 heavy (non-hydrogen) atoms. The monoisotopic (exact) mass is 257 g/mol. The number of aromatic nitrogens is 1. The fraction of sp³-hybridized carbons (Fsp3) is 0.375. The molecular formula is C8H7ClF3NO3. The molecule has 0 fully saturated rings. The Bertz CT molecular complexity index is 384. The van der Waals surface area contributed by atoms with Crippen LogP contribution < -0.4 is 9.47 Å². The van der Waals surface area contributed by atoms with Gasteiger partial charge in [-0.15, -0.1) is 24.8 Å². The van der Waals surface area contributed by atoms with Crippen molar-refractivity contribution < 1.29 is 27.8 Å². The van der Waals surface area contributed by atoms with Gasteiger partial charge >= 0.3 is 6.36 Å². The number of halogens is 4. The molecule has 0 spiro atoms. The Morgan fingerprint density at radius 3 is 2.56 bits per heavy atom. The van der Waals surface area contributed by atoms with Gasteiger partial charge in [-0.25, -0.2) is 0 Å². The van der Waals surface area contributed by atoms with Crippen molar-refractivity contribution in [2.75, 3.05) is 7.11 Å². The van der Waals surface area contributed by atoms with Crippen LogP contribution in [0.25, 0.3) is 0 Å². The van der Waals surface area contributed by atoms with Crippen LogP contribution in [-0.4, -0.2) is 23.6 Å². The van der Waals surface area contributed by atoms with Crippen molar-refractivity contribution in [1.29, 1.82) is 0 Å². The first-order valence-corrected chi connectivity index (χ1v) is 4.49. The number of hydrogen-bond acceptors (Lipinski definition) is 4. The maximum absolute atomic E-state index is 12.0. The van der Waals surface area contributed by atoms with Crippen LogP contribution in [0.3, 0.4) is 0 Å². The first-order chi connectivity index (χ1) is 7.39. The molecule has 1 N–H and O–H groups in total. The highest BCUT2D eigenvalue weighted by atomic mass is 35.5. The molecule has 0 amide bonds. The van der Waals surface area contributed by atoms with Gasteiger partial charge in [0.25, 0.3) is 0 Å². The molecule has 0 aliphatic carbocycles. The van der Waals surface area contributed by atoms with E-state index in [1.54, 1.807) is 0 Å². The summed E-state index contributed by atoms with van der Waals surface area (Å²) in [6.45, 7) is 0. The van der Waals surface area contributed by atoms with Crippen molar-refractivity contribution in [3.8, 4) is 17.2 Å². The number of nitrogens with zero attached hydrogens (tertiary/aromatic N) is 1. The van der Waals surface area contributed by atoms with Gasteiger partial charge in [0.1, 0.15) is 5.69 Å². The number of methoxy groups -OCH3 is 1. The molecule has 8 heteroatoms. The molecule has 0 aromatic carbocycles. The lowest BCUT2D eigenvalue weighted by Gasteiger charge is -2.13. The number of hydrogen-bond donors (Lipinski definition) is 1. The average Bonchev–Trinajstić information content (AvgIpc) is 2.16. The van der Waals surface area contributed by atoms with Crippen molar-refractivity contribution >= 4 is 11.6 Å². The lowest BCUT2D eigenvalue weighted by atomic mass is 10.3. The molecule has 0 unspecified atom stereocenters. The summed E-state index contributed by atoms with van der Waals surface area (Å²) in [4.78, 5) is 3.50. The minimum Gasteiger partial charge on any atom is -0.503 e. The van der Waals surface area contributed by atoms with E-state index in [1.807, 2.05) is 0 Å². The third-order valence-corrected chi connectivity index (χ3v) is 1.86. The van der Waals surface area contributed by atoms with Gasteiger partial charge in [0.2, 0.25) is 5.75 Å². The summed E-state index contributed by atoms with van der Waals surface area (Å²) < 4.78 is 44.1. The lowest BCUT2D eigenvalue weighted by Crippen LogP contribution is -2.18. The topological polar surface area (TPSA) is 51.6 Å². The van der Waals surface area contributed by atoms with Crippen molar-refractivity contribution in [3.63, 3.8) is 0 Å². The van der Waals surface area contributed by atoms with E-state index in [0.29, 0.717) is 0 Å². The molecule has 0 radical (unpaired) electrons. The highest BCUT2D eigenvalue weighted by Gasteiger charge is 2.33. The zero-order valence-corrected chi connectivity index (χ0v) is 8.76. The van der Waals surface area contributed by atoms with Gasteiger partial charge in [0.15, 0.2) is 11.5 Å². The Hall–Kier alpha value is -1.37. The first-order valence-electron chi connectivity index (χ1n) is 3.95. The zero-order valence-electron chi connectivity index (χ0n) is 8.01. The molecule has 0 atom stereocenters. The van der Waals surface area contributed by atoms with E-state index in [-0.39, 0.29) is 11.6 Å². The van der Waals surface area contributed by atoms with E-state index < -0.39 is 23.6 Å². The number of rotatable bonds is 3. The number of pyridine rings is 1. The average molecular weight is 258 g/mol. The van der Waals surface area contributed by atoms with E-state index >= 15 is 0 Å². The number of ether oxygens (including phenoxy) is 2. The first kappa shape index (κ1) is 12.7. The maximum Gasteiger partial charge on any atom is 0.573 e. The SMILES string of the molecule is COc1c(OC(F)(F)F)cnc(CCl)c1O. The van der Waals surface area contributed by atoms with E-state index in [2.05, 4.69) is 14.5 Å². The van der Waals surface area contributed by atoms with Crippen molar-refractivity contribution in [2.24, 2.45) is 0 Å². The summed E-state index contributed by atoms with van der Waals surface area (Å²) in [7, 11) is 1.09. The molecule has 0 saturated heterocycles. The van der Waals surface area contributed by atoms with Crippen LogP contribution in [0.1, 0.15) is 5.69 Å². The van der Waals surface area contributed by atoms with Crippen LogP contribution in [-0.2, 0) is 5.88 Å². The standard InChI is InChI=1S/C8H7ClF3NO3/c1-15-7-5(16-8(10,11)12)3-13-4(2-9)6(7)14/h3,14H,2H2,1H3. The fourth-order valence-electron chi connectivity index (χ4n) is 0.997. The van der Waals surface area contributed by atoms with Crippen molar-refractivity contribution in [1.82, 2.24) is 4.98 Å². The molecule has 0 saturated carbocycles. The zero-order chi connectivity index (χ0) is 12.3. The summed E-state index contributed by atoms with van der Waals surface area (Å²) in [5.74, 6) is -1.90. The second-order valence-corrected chi connectivity index (χ2v) is 2.90. The smallest absolute Gasteiger partial charge is 0.503 e. The molecule has 1 heterocycles. The third kappa shape index (κ3) is 2.82. The predicted octanol–water partition coefficient (Wildman–Crippen LogP) is 2.43. The van der Waals surface area contributed by atoms with Crippen LogP contribution in [0.5, 0.6) is 17.2 Å². The lowest BCUT2D eigenvalue weighted by molar-refractivity contribution is -0.275. The number of alkyl halides is 4. The van der Waals surface area contributed by atoms with Gasteiger partial charge in [0, 0.05) is 0 Å². The van der Waals surface area contributed by atoms with Gasteiger partial charge < -0.3 is 14.6 Å². The summed E-state index contributed by atoms with van der Waals surface area (Å²) in [6.07, 6.45) is -4.10. The molecule has 0 bridgehead atoms. The van der Waals surface area contributed by atoms with Crippen molar-refractivity contribution in [3.05, 3.63) is 11.9 Å². The Labute approximate surface area is 93.6 Å². The van der Waals surface area contributed by atoms with Crippen LogP contribution in [0.4, 0.5) is 13.2 Å². The largest absolute Gasteiger partial charge is 0.573 e. The van der Waals surface area contributed by atoms with Gasteiger partial charge in [-0.05, 0) is 0 Å². The van der Waals surface area contributed by atoms with Gasteiger partial charge in [0.05, 0.1) is 19.2 Å². The van der Waals surface area contributed by atoms with Gasteiger partial charge in [-0.2, -0.15) is 0 Å². The van der Waals surface area contributed by atoms with E-state index in [9.17, 15) is 18.3 Å². The minimum atomic E-state index is -4.89. The number of aromatic hydroxyl groups is 1. The Morgan fingerprint density at radius 1 is 1.50 bits per heavy atom. The maximum atomic E-state index is 12.0. The van der Waals surface area contributed by atoms with Crippen LogP contribution in [0, 0.1) is 0 Å². The van der Waals surface area contributed by atoms with Crippen LogP contribution in [0.15, 0.2) is 6.20 Å². The quantitative estimate of drug-likeness (QED) is 0.845.